The lowest BCUT2D eigenvalue weighted by molar-refractivity contribution is -0.172. The summed E-state index contributed by atoms with van der Waals surface area (Å²) in [4.78, 5) is 43.4. The summed E-state index contributed by atoms with van der Waals surface area (Å²) in [5.41, 5.74) is 2.25. The molecule has 4 aromatic rings. The lowest BCUT2D eigenvalue weighted by Gasteiger charge is -2.31. The first-order valence-corrected chi connectivity index (χ1v) is 12.3. The van der Waals surface area contributed by atoms with Gasteiger partial charge >= 0.3 is 5.97 Å². The van der Waals surface area contributed by atoms with Gasteiger partial charge in [0.05, 0.1) is 36.1 Å². The van der Waals surface area contributed by atoms with Crippen molar-refractivity contribution in [3.63, 3.8) is 0 Å². The van der Waals surface area contributed by atoms with Crippen molar-refractivity contribution in [1.82, 2.24) is 9.55 Å². The number of ketones is 1. The number of rotatable bonds is 5. The van der Waals surface area contributed by atoms with Crippen LogP contribution in [-0.2, 0) is 28.3 Å². The molecule has 8 nitrogen and oxygen atoms in total. The number of fused-ring (bicyclic) bond motifs is 5. The molecule has 2 aliphatic heterocycles. The highest BCUT2D eigenvalue weighted by Crippen LogP contribution is 2.40. The molecule has 2 aliphatic rings. The summed E-state index contributed by atoms with van der Waals surface area (Å²) in [6.45, 7) is 1.77. The molecule has 0 aliphatic carbocycles. The van der Waals surface area contributed by atoms with E-state index in [2.05, 4.69) is 0 Å². The van der Waals surface area contributed by atoms with E-state index in [9.17, 15) is 19.5 Å². The molecule has 6 rings (SSSR count). The molecule has 0 unspecified atom stereocenters. The predicted octanol–water partition coefficient (Wildman–Crippen LogP) is 3.98. The monoisotopic (exact) mass is 508 g/mol. The number of hydrogen-bond acceptors (Lipinski definition) is 7. The first kappa shape index (κ1) is 23.8. The SMILES string of the molecule is CC[C@@]1(O)C(=O)OCc2c1cc1n(c2=O)Cc2cc3c(C=CC(=O)c4ccccc4)c(OC)ccc3nc2-1. The first-order valence-electron chi connectivity index (χ1n) is 12.3. The molecule has 0 amide bonds. The summed E-state index contributed by atoms with van der Waals surface area (Å²) in [5, 5.41) is 11.8. The highest BCUT2D eigenvalue weighted by Gasteiger charge is 2.45. The van der Waals surface area contributed by atoms with E-state index in [-0.39, 0.29) is 42.0 Å². The zero-order valence-electron chi connectivity index (χ0n) is 20.9. The fourth-order valence-corrected chi connectivity index (χ4v) is 5.26. The minimum Gasteiger partial charge on any atom is -0.496 e. The van der Waals surface area contributed by atoms with Crippen LogP contribution in [0, 0.1) is 0 Å². The predicted molar refractivity (Wildman–Crippen MR) is 141 cm³/mol. The highest BCUT2D eigenvalue weighted by atomic mass is 16.6. The second-order valence-corrected chi connectivity index (χ2v) is 9.41. The number of pyridine rings is 2. The van der Waals surface area contributed by atoms with Gasteiger partial charge in [-0.05, 0) is 42.8 Å². The number of nitrogens with zero attached hydrogens (tertiary/aromatic N) is 2. The van der Waals surface area contributed by atoms with Gasteiger partial charge < -0.3 is 19.1 Å². The Morgan fingerprint density at radius 1 is 1.18 bits per heavy atom. The van der Waals surface area contributed by atoms with E-state index in [4.69, 9.17) is 14.5 Å². The van der Waals surface area contributed by atoms with Gasteiger partial charge in [0.25, 0.3) is 5.56 Å². The van der Waals surface area contributed by atoms with Crippen LogP contribution in [-0.4, -0.2) is 33.5 Å². The van der Waals surface area contributed by atoms with E-state index in [1.165, 1.54) is 6.08 Å². The highest BCUT2D eigenvalue weighted by molar-refractivity contribution is 6.08. The summed E-state index contributed by atoms with van der Waals surface area (Å²) < 4.78 is 12.3. The van der Waals surface area contributed by atoms with Gasteiger partial charge in [0.1, 0.15) is 12.4 Å². The Kier molecular flexibility index (Phi) is 5.50. The number of cyclic esters (lactones) is 1. The van der Waals surface area contributed by atoms with Crippen LogP contribution >= 0.6 is 0 Å². The van der Waals surface area contributed by atoms with Crippen LogP contribution in [0.25, 0.3) is 28.4 Å². The molecule has 38 heavy (non-hydrogen) atoms. The van der Waals surface area contributed by atoms with Crippen LogP contribution < -0.4 is 10.3 Å². The van der Waals surface area contributed by atoms with E-state index < -0.39 is 11.6 Å². The number of hydrogen-bond donors (Lipinski definition) is 1. The molecule has 8 heteroatoms. The second kappa shape index (κ2) is 8.78. The molecule has 2 aromatic carbocycles. The normalized spacial score (nSPS) is 17.7. The van der Waals surface area contributed by atoms with Gasteiger partial charge in [0.15, 0.2) is 11.4 Å². The quantitative estimate of drug-likeness (QED) is 0.217. The number of aromatic nitrogens is 2. The largest absolute Gasteiger partial charge is 0.496 e. The number of aliphatic hydroxyl groups is 1. The molecule has 2 aromatic heterocycles. The van der Waals surface area contributed by atoms with Crippen molar-refractivity contribution >= 4 is 28.7 Å². The van der Waals surface area contributed by atoms with Crippen LogP contribution in [0.3, 0.4) is 0 Å². The third-order valence-corrected chi connectivity index (χ3v) is 7.37. The maximum Gasteiger partial charge on any atom is 0.343 e. The molecular formula is C30H24N2O6. The number of methoxy groups -OCH3 is 1. The van der Waals surface area contributed by atoms with E-state index in [1.54, 1.807) is 48.9 Å². The van der Waals surface area contributed by atoms with Gasteiger partial charge in [0, 0.05) is 27.6 Å². The molecule has 0 spiro atoms. The number of ether oxygens (including phenoxy) is 2. The van der Waals surface area contributed by atoms with Crippen molar-refractivity contribution < 1.29 is 24.2 Å². The van der Waals surface area contributed by atoms with Crippen molar-refractivity contribution in [3.05, 3.63) is 98.8 Å². The lowest BCUT2D eigenvalue weighted by Crippen LogP contribution is -2.44. The van der Waals surface area contributed by atoms with Crippen LogP contribution in [0.1, 0.15) is 46.0 Å². The Balaban J connectivity index is 1.49. The van der Waals surface area contributed by atoms with E-state index in [1.807, 2.05) is 30.3 Å². The third kappa shape index (κ3) is 3.48. The second-order valence-electron chi connectivity index (χ2n) is 9.41. The van der Waals surface area contributed by atoms with Crippen LogP contribution in [0.15, 0.2) is 65.5 Å². The molecule has 4 heterocycles. The van der Waals surface area contributed by atoms with Crippen molar-refractivity contribution in [1.29, 1.82) is 0 Å². The number of benzene rings is 2. The van der Waals surface area contributed by atoms with E-state index >= 15 is 0 Å². The molecule has 190 valence electrons. The standard InChI is InChI=1S/C30H24N2O6/c1-3-30(36)22-14-24-27-18(15-32(24)28(34)21(22)16-38-29(30)35)13-20-19(26(37-2)12-10-23(20)31-27)9-11-25(33)17-7-5-4-6-8-17/h4-14,36H,3,15-16H2,1-2H3/t30-/m0/s1. The van der Waals surface area contributed by atoms with Gasteiger partial charge in [-0.25, -0.2) is 9.78 Å². The van der Waals surface area contributed by atoms with Gasteiger partial charge in [-0.3, -0.25) is 9.59 Å². The van der Waals surface area contributed by atoms with Crippen LogP contribution in [0.2, 0.25) is 0 Å². The van der Waals surface area contributed by atoms with Crippen molar-refractivity contribution in [2.45, 2.75) is 32.1 Å². The van der Waals surface area contributed by atoms with Crippen LogP contribution in [0.4, 0.5) is 0 Å². The number of carbonyl (C=O) groups is 2. The summed E-state index contributed by atoms with van der Waals surface area (Å²) in [6, 6.07) is 16.2. The van der Waals surface area contributed by atoms with E-state index in [0.717, 1.165) is 10.9 Å². The van der Waals surface area contributed by atoms with Gasteiger partial charge in [-0.2, -0.15) is 0 Å². The fourth-order valence-electron chi connectivity index (χ4n) is 5.26. The Labute approximate surface area is 217 Å². The van der Waals surface area contributed by atoms with Crippen LogP contribution in [0.5, 0.6) is 5.75 Å². The number of allylic oxidation sites excluding steroid dienone is 1. The van der Waals surface area contributed by atoms with Crippen molar-refractivity contribution in [3.8, 4) is 17.1 Å². The van der Waals surface area contributed by atoms with Gasteiger partial charge in [0.2, 0.25) is 0 Å². The lowest BCUT2D eigenvalue weighted by atomic mass is 9.86. The third-order valence-electron chi connectivity index (χ3n) is 7.37. The number of esters is 1. The molecule has 0 fully saturated rings. The smallest absolute Gasteiger partial charge is 0.343 e. The topological polar surface area (TPSA) is 108 Å². The molecular weight excluding hydrogens is 484 g/mol. The number of carbonyl (C=O) groups excluding carboxylic acids is 2. The molecule has 0 bridgehead atoms. The molecule has 0 saturated heterocycles. The Bertz CT molecular complexity index is 1740. The average Bonchev–Trinajstić information content (AvgIpc) is 3.31. The Hall–Kier alpha value is -4.56. The van der Waals surface area contributed by atoms with Gasteiger partial charge in [-0.1, -0.05) is 37.3 Å². The van der Waals surface area contributed by atoms with Crippen molar-refractivity contribution in [2.75, 3.05) is 7.11 Å². The summed E-state index contributed by atoms with van der Waals surface area (Å²) >= 11 is 0. The minimum atomic E-state index is -1.88. The molecule has 1 N–H and O–H groups in total. The Morgan fingerprint density at radius 3 is 2.71 bits per heavy atom. The van der Waals surface area contributed by atoms with Crippen molar-refractivity contribution in [2.24, 2.45) is 0 Å². The maximum atomic E-state index is 13.4. The summed E-state index contributed by atoms with van der Waals surface area (Å²) in [6.07, 6.45) is 3.31. The van der Waals surface area contributed by atoms with E-state index in [0.29, 0.717) is 33.8 Å². The minimum absolute atomic E-state index is 0.0803. The first-order chi connectivity index (χ1) is 18.4. The average molecular weight is 509 g/mol. The zero-order chi connectivity index (χ0) is 26.6. The van der Waals surface area contributed by atoms with Gasteiger partial charge in [-0.15, -0.1) is 0 Å². The summed E-state index contributed by atoms with van der Waals surface area (Å²) in [7, 11) is 1.57. The zero-order valence-corrected chi connectivity index (χ0v) is 20.9. The fraction of sp³-hybridized carbons (Fsp3) is 0.200. The molecule has 0 saturated carbocycles. The summed E-state index contributed by atoms with van der Waals surface area (Å²) in [5.74, 6) is -0.304. The maximum absolute atomic E-state index is 13.4. The molecule has 0 radical (unpaired) electrons. The molecule has 1 atom stereocenters. The Morgan fingerprint density at radius 2 is 1.97 bits per heavy atom.